The lowest BCUT2D eigenvalue weighted by molar-refractivity contribution is 0.144. The molecule has 0 aliphatic heterocycles. The highest BCUT2D eigenvalue weighted by Crippen LogP contribution is 2.38. The standard InChI is InChI=1S/C22H45NO3SSi/c1-10-12-13-14-15-16-19(23-21(24)25-11-2)18(3)20(27-7)17-26-28(8,9)22(4,5)6/h17-19H,10-16H2,1-9H3,(H,23,24)/b20-17-/t18-,19-/m0/s1. The number of unbranched alkanes of at least 4 members (excludes halogenated alkanes) is 4. The van der Waals surface area contributed by atoms with Gasteiger partial charge in [0.05, 0.1) is 12.9 Å². The zero-order chi connectivity index (χ0) is 21.8. The van der Waals surface area contributed by atoms with E-state index in [1.54, 1.807) is 11.8 Å². The topological polar surface area (TPSA) is 47.6 Å². The molecule has 0 bridgehead atoms. The van der Waals surface area contributed by atoms with Crippen molar-refractivity contribution >= 4 is 26.2 Å². The number of nitrogens with one attached hydrogen (secondary N) is 1. The smallest absolute Gasteiger partial charge is 0.407 e. The quantitative estimate of drug-likeness (QED) is 0.188. The Morgan fingerprint density at radius 3 is 2.25 bits per heavy atom. The molecule has 166 valence electrons. The van der Waals surface area contributed by atoms with E-state index >= 15 is 0 Å². The van der Waals surface area contributed by atoms with Crippen molar-refractivity contribution in [2.75, 3.05) is 12.9 Å². The zero-order valence-corrected chi connectivity index (χ0v) is 21.6. The molecular formula is C22H45NO3SSi. The zero-order valence-electron chi connectivity index (χ0n) is 19.8. The van der Waals surface area contributed by atoms with Crippen molar-refractivity contribution in [2.24, 2.45) is 5.92 Å². The maximum atomic E-state index is 12.1. The van der Waals surface area contributed by atoms with Crippen molar-refractivity contribution in [3.8, 4) is 0 Å². The van der Waals surface area contributed by atoms with Gasteiger partial charge in [0.25, 0.3) is 0 Å². The molecule has 0 aromatic carbocycles. The fraction of sp³-hybridized carbons (Fsp3) is 0.864. The van der Waals surface area contributed by atoms with Gasteiger partial charge in [-0.3, -0.25) is 0 Å². The van der Waals surface area contributed by atoms with Crippen molar-refractivity contribution in [1.82, 2.24) is 5.32 Å². The third-order valence-electron chi connectivity index (χ3n) is 5.76. The van der Waals surface area contributed by atoms with Gasteiger partial charge in [-0.15, -0.1) is 11.8 Å². The van der Waals surface area contributed by atoms with Crippen LogP contribution in [0, 0.1) is 5.92 Å². The van der Waals surface area contributed by atoms with Crippen LogP contribution in [-0.4, -0.2) is 33.3 Å². The highest BCUT2D eigenvalue weighted by atomic mass is 32.2. The summed E-state index contributed by atoms with van der Waals surface area (Å²) in [5, 5.41) is 3.26. The molecule has 0 fully saturated rings. The maximum Gasteiger partial charge on any atom is 0.407 e. The molecule has 0 saturated heterocycles. The summed E-state index contributed by atoms with van der Waals surface area (Å²) in [4.78, 5) is 13.2. The van der Waals surface area contributed by atoms with E-state index in [0.29, 0.717) is 6.61 Å². The minimum absolute atomic E-state index is 0.0578. The van der Waals surface area contributed by atoms with E-state index in [1.807, 2.05) is 13.2 Å². The molecule has 0 spiro atoms. The van der Waals surface area contributed by atoms with Crippen molar-refractivity contribution in [3.05, 3.63) is 11.2 Å². The molecule has 2 atom stereocenters. The Balaban J connectivity index is 5.17. The molecule has 1 N–H and O–H groups in total. The molecule has 0 saturated carbocycles. The van der Waals surface area contributed by atoms with Crippen molar-refractivity contribution in [1.29, 1.82) is 0 Å². The molecule has 6 heteroatoms. The molecule has 0 unspecified atom stereocenters. The van der Waals surface area contributed by atoms with Crippen LogP contribution in [0.3, 0.4) is 0 Å². The van der Waals surface area contributed by atoms with Crippen molar-refractivity contribution in [2.45, 2.75) is 104 Å². The molecule has 0 aromatic rings. The number of carbonyl (C=O) groups is 1. The second-order valence-electron chi connectivity index (χ2n) is 9.07. The van der Waals surface area contributed by atoms with Gasteiger partial charge in [-0.2, -0.15) is 0 Å². The Morgan fingerprint density at radius 1 is 1.14 bits per heavy atom. The molecule has 1 amide bonds. The lowest BCUT2D eigenvalue weighted by atomic mass is 9.95. The average molecular weight is 432 g/mol. The van der Waals surface area contributed by atoms with E-state index in [0.717, 1.165) is 12.8 Å². The predicted molar refractivity (Wildman–Crippen MR) is 126 cm³/mol. The Bertz CT molecular complexity index is 475. The van der Waals surface area contributed by atoms with Gasteiger partial charge >= 0.3 is 6.09 Å². The first-order valence-electron chi connectivity index (χ1n) is 10.8. The number of hydrogen-bond acceptors (Lipinski definition) is 4. The van der Waals surface area contributed by atoms with Crippen molar-refractivity contribution < 1.29 is 14.0 Å². The summed E-state index contributed by atoms with van der Waals surface area (Å²) in [6, 6.07) is 0.0578. The molecule has 0 rings (SSSR count). The van der Waals surface area contributed by atoms with Gasteiger partial charge in [0.1, 0.15) is 0 Å². The Kier molecular flexibility index (Phi) is 13.3. The average Bonchev–Trinajstić information content (AvgIpc) is 2.60. The number of rotatable bonds is 13. The number of hydrogen-bond donors (Lipinski definition) is 1. The summed E-state index contributed by atoms with van der Waals surface area (Å²) in [6.07, 6.45) is 10.8. The van der Waals surface area contributed by atoms with E-state index < -0.39 is 8.32 Å². The van der Waals surface area contributed by atoms with Gasteiger partial charge < -0.3 is 14.5 Å². The number of amides is 1. The van der Waals surface area contributed by atoms with E-state index in [9.17, 15) is 4.79 Å². The number of thioether (sulfide) groups is 1. The summed E-state index contributed by atoms with van der Waals surface area (Å²) in [5.41, 5.74) is 0. The molecule has 0 heterocycles. The van der Waals surface area contributed by atoms with Crippen LogP contribution >= 0.6 is 11.8 Å². The Hall–Kier alpha value is -0.623. The summed E-state index contributed by atoms with van der Waals surface area (Å²) >= 11 is 1.71. The monoisotopic (exact) mass is 431 g/mol. The van der Waals surface area contributed by atoms with Crippen LogP contribution in [-0.2, 0) is 9.16 Å². The van der Waals surface area contributed by atoms with Gasteiger partial charge in [0.2, 0.25) is 8.32 Å². The number of alkyl carbamates (subject to hydrolysis) is 1. The number of carbonyl (C=O) groups excluding carboxylic acids is 1. The van der Waals surface area contributed by atoms with Crippen LogP contribution in [0.1, 0.15) is 80.1 Å². The van der Waals surface area contributed by atoms with Crippen LogP contribution in [0.2, 0.25) is 18.1 Å². The first-order chi connectivity index (χ1) is 13.0. The second kappa shape index (κ2) is 13.6. The highest BCUT2D eigenvalue weighted by molar-refractivity contribution is 8.02. The van der Waals surface area contributed by atoms with Crippen LogP contribution < -0.4 is 5.32 Å². The Labute approximate surface area is 179 Å². The van der Waals surface area contributed by atoms with Crippen LogP contribution in [0.4, 0.5) is 4.79 Å². The minimum Gasteiger partial charge on any atom is -0.548 e. The molecule has 4 nitrogen and oxygen atoms in total. The largest absolute Gasteiger partial charge is 0.548 e. The van der Waals surface area contributed by atoms with Gasteiger partial charge in [0.15, 0.2) is 0 Å². The lowest BCUT2D eigenvalue weighted by Gasteiger charge is -2.36. The third-order valence-corrected chi connectivity index (χ3v) is 11.0. The van der Waals surface area contributed by atoms with E-state index in [2.05, 4.69) is 59.3 Å². The fourth-order valence-electron chi connectivity index (χ4n) is 2.66. The minimum atomic E-state index is -1.85. The second-order valence-corrected chi connectivity index (χ2v) is 14.7. The Morgan fingerprint density at radius 2 is 1.75 bits per heavy atom. The molecule has 28 heavy (non-hydrogen) atoms. The lowest BCUT2D eigenvalue weighted by Crippen LogP contribution is -2.41. The van der Waals surface area contributed by atoms with Crippen LogP contribution in [0.5, 0.6) is 0 Å². The van der Waals surface area contributed by atoms with Gasteiger partial charge in [0, 0.05) is 16.9 Å². The molecule has 0 radical (unpaired) electrons. The fourth-order valence-corrected chi connectivity index (χ4v) is 4.20. The van der Waals surface area contributed by atoms with Gasteiger partial charge in [-0.05, 0) is 37.7 Å². The SMILES string of the molecule is CCCCCCC[C@H](NC(=O)OCC)[C@H](C)/C(=C/O[Si](C)(C)C(C)(C)C)SC. The van der Waals surface area contributed by atoms with Gasteiger partial charge in [-0.25, -0.2) is 4.79 Å². The van der Waals surface area contributed by atoms with Crippen LogP contribution in [0.25, 0.3) is 0 Å². The molecular weight excluding hydrogens is 386 g/mol. The first-order valence-corrected chi connectivity index (χ1v) is 15.0. The predicted octanol–water partition coefficient (Wildman–Crippen LogP) is 7.32. The van der Waals surface area contributed by atoms with Crippen LogP contribution in [0.15, 0.2) is 11.2 Å². The molecule has 0 aromatic heterocycles. The highest BCUT2D eigenvalue weighted by Gasteiger charge is 2.38. The van der Waals surface area contributed by atoms with Crippen molar-refractivity contribution in [3.63, 3.8) is 0 Å². The van der Waals surface area contributed by atoms with Gasteiger partial charge in [-0.1, -0.05) is 66.7 Å². The molecule has 0 aliphatic rings. The van der Waals surface area contributed by atoms with E-state index in [-0.39, 0.29) is 23.1 Å². The maximum absolute atomic E-state index is 12.1. The normalized spacial score (nSPS) is 15.1. The summed E-state index contributed by atoms with van der Waals surface area (Å²) in [5.74, 6) is 0.190. The molecule has 0 aliphatic carbocycles. The number of ether oxygens (including phenoxy) is 1. The summed E-state index contributed by atoms with van der Waals surface area (Å²) in [6.45, 7) is 17.9. The van der Waals surface area contributed by atoms with E-state index in [1.165, 1.54) is 30.6 Å². The first kappa shape index (κ1) is 27.4. The summed E-state index contributed by atoms with van der Waals surface area (Å²) < 4.78 is 11.5. The third kappa shape index (κ3) is 10.2. The summed E-state index contributed by atoms with van der Waals surface area (Å²) in [7, 11) is -1.85. The van der Waals surface area contributed by atoms with E-state index in [4.69, 9.17) is 9.16 Å².